The Morgan fingerprint density at radius 1 is 1.07 bits per heavy atom. The van der Waals surface area contributed by atoms with E-state index in [2.05, 4.69) is 26.6 Å². The predicted octanol–water partition coefficient (Wildman–Crippen LogP) is 4.25. The summed E-state index contributed by atoms with van der Waals surface area (Å²) in [6.07, 6.45) is 0.820. The molecular formula is C21H25BrN2O4. The van der Waals surface area contributed by atoms with Crippen molar-refractivity contribution in [3.05, 3.63) is 58.1 Å². The number of anilines is 1. The molecule has 0 aliphatic carbocycles. The molecule has 1 atom stereocenters. The highest BCUT2D eigenvalue weighted by Crippen LogP contribution is 2.25. The second kappa shape index (κ2) is 10.8. The first-order valence-electron chi connectivity index (χ1n) is 9.08. The smallest absolute Gasteiger partial charge is 0.259 e. The number of carbonyl (C=O) groups is 2. The lowest BCUT2D eigenvalue weighted by Gasteiger charge is -2.16. The van der Waals surface area contributed by atoms with Gasteiger partial charge in [0.25, 0.3) is 11.8 Å². The standard InChI is InChI=1S/C21H25BrN2O4/c1-4-14(2)23-20(25)16-7-5-6-8-18(16)24-21(26)17-13-15(22)9-10-19(17)28-12-11-27-3/h5-10,13-14H,4,11-12H2,1-3H3,(H,23,25)(H,24,26). The number of nitrogens with one attached hydrogen (secondary N) is 2. The summed E-state index contributed by atoms with van der Waals surface area (Å²) in [4.78, 5) is 25.4. The molecule has 2 amide bonds. The SMILES string of the molecule is CCC(C)NC(=O)c1ccccc1NC(=O)c1cc(Br)ccc1OCCOC. The van der Waals surface area contributed by atoms with Crippen molar-refractivity contribution in [1.29, 1.82) is 0 Å². The van der Waals surface area contributed by atoms with Gasteiger partial charge in [-0.1, -0.05) is 35.0 Å². The van der Waals surface area contributed by atoms with Crippen LogP contribution in [0.2, 0.25) is 0 Å². The Labute approximate surface area is 173 Å². The minimum atomic E-state index is -0.363. The summed E-state index contributed by atoms with van der Waals surface area (Å²) < 4.78 is 11.4. The van der Waals surface area contributed by atoms with E-state index in [4.69, 9.17) is 9.47 Å². The van der Waals surface area contributed by atoms with Crippen LogP contribution >= 0.6 is 15.9 Å². The average Bonchev–Trinajstić information content (AvgIpc) is 2.69. The molecule has 0 spiro atoms. The molecule has 1 unspecified atom stereocenters. The molecule has 0 saturated carbocycles. The Hall–Kier alpha value is -2.38. The van der Waals surface area contributed by atoms with Gasteiger partial charge in [0.1, 0.15) is 12.4 Å². The maximum absolute atomic E-state index is 12.9. The Morgan fingerprint density at radius 2 is 1.82 bits per heavy atom. The topological polar surface area (TPSA) is 76.7 Å². The minimum absolute atomic E-state index is 0.0436. The number of hydrogen-bond acceptors (Lipinski definition) is 4. The van der Waals surface area contributed by atoms with E-state index in [1.807, 2.05) is 13.8 Å². The Balaban J connectivity index is 2.24. The van der Waals surface area contributed by atoms with Gasteiger partial charge in [-0.15, -0.1) is 0 Å². The molecule has 0 aromatic heterocycles. The van der Waals surface area contributed by atoms with Crippen molar-refractivity contribution in [3.8, 4) is 5.75 Å². The first-order chi connectivity index (χ1) is 13.5. The van der Waals surface area contributed by atoms with Gasteiger partial charge in [-0.25, -0.2) is 0 Å². The molecule has 0 fully saturated rings. The number of benzene rings is 2. The van der Waals surface area contributed by atoms with Crippen molar-refractivity contribution < 1.29 is 19.1 Å². The van der Waals surface area contributed by atoms with Crippen molar-refractivity contribution in [1.82, 2.24) is 5.32 Å². The summed E-state index contributed by atoms with van der Waals surface area (Å²) in [5, 5.41) is 5.74. The maximum atomic E-state index is 12.9. The van der Waals surface area contributed by atoms with Gasteiger partial charge in [0.2, 0.25) is 0 Å². The summed E-state index contributed by atoms with van der Waals surface area (Å²) in [7, 11) is 1.58. The number of rotatable bonds is 9. The van der Waals surface area contributed by atoms with Gasteiger partial charge in [0.15, 0.2) is 0 Å². The van der Waals surface area contributed by atoms with Gasteiger partial charge in [-0.3, -0.25) is 9.59 Å². The van der Waals surface area contributed by atoms with Crippen LogP contribution in [0.25, 0.3) is 0 Å². The van der Waals surface area contributed by atoms with E-state index in [0.29, 0.717) is 35.8 Å². The van der Waals surface area contributed by atoms with E-state index in [1.165, 1.54) is 0 Å². The molecule has 0 radical (unpaired) electrons. The summed E-state index contributed by atoms with van der Waals surface area (Å²) in [6, 6.07) is 12.2. The van der Waals surface area contributed by atoms with Crippen molar-refractivity contribution in [3.63, 3.8) is 0 Å². The van der Waals surface area contributed by atoms with Crippen LogP contribution in [-0.4, -0.2) is 38.2 Å². The van der Waals surface area contributed by atoms with E-state index in [-0.39, 0.29) is 17.9 Å². The van der Waals surface area contributed by atoms with Gasteiger partial charge in [-0.05, 0) is 43.7 Å². The van der Waals surface area contributed by atoms with Gasteiger partial charge in [-0.2, -0.15) is 0 Å². The number of carbonyl (C=O) groups excluding carboxylic acids is 2. The third-order valence-electron chi connectivity index (χ3n) is 4.14. The molecule has 2 aromatic carbocycles. The molecule has 0 aliphatic rings. The second-order valence-corrected chi connectivity index (χ2v) is 7.18. The van der Waals surface area contributed by atoms with E-state index in [0.717, 1.165) is 10.9 Å². The molecule has 0 heterocycles. The molecule has 0 saturated heterocycles. The minimum Gasteiger partial charge on any atom is -0.490 e. The zero-order chi connectivity index (χ0) is 20.5. The first kappa shape index (κ1) is 21.9. The van der Waals surface area contributed by atoms with E-state index in [1.54, 1.807) is 49.6 Å². The molecule has 2 rings (SSSR count). The van der Waals surface area contributed by atoms with Crippen LogP contribution < -0.4 is 15.4 Å². The fourth-order valence-electron chi connectivity index (χ4n) is 2.42. The fourth-order valence-corrected chi connectivity index (χ4v) is 2.78. The number of amides is 2. The van der Waals surface area contributed by atoms with Crippen molar-refractivity contribution in [2.24, 2.45) is 0 Å². The normalized spacial score (nSPS) is 11.6. The first-order valence-corrected chi connectivity index (χ1v) is 9.88. The quantitative estimate of drug-likeness (QED) is 0.561. The molecule has 2 N–H and O–H groups in total. The van der Waals surface area contributed by atoms with Crippen LogP contribution in [0.3, 0.4) is 0 Å². The molecule has 2 aromatic rings. The second-order valence-electron chi connectivity index (χ2n) is 6.26. The highest BCUT2D eigenvalue weighted by molar-refractivity contribution is 9.10. The van der Waals surface area contributed by atoms with Crippen molar-refractivity contribution in [2.75, 3.05) is 25.6 Å². The number of hydrogen-bond donors (Lipinski definition) is 2. The lowest BCUT2D eigenvalue weighted by atomic mass is 10.1. The predicted molar refractivity (Wildman–Crippen MR) is 113 cm³/mol. The number of ether oxygens (including phenoxy) is 2. The van der Waals surface area contributed by atoms with Crippen LogP contribution in [-0.2, 0) is 4.74 Å². The third-order valence-corrected chi connectivity index (χ3v) is 4.63. The van der Waals surface area contributed by atoms with Crippen LogP contribution in [0.5, 0.6) is 5.75 Å². The summed E-state index contributed by atoms with van der Waals surface area (Å²) in [5.41, 5.74) is 1.21. The molecule has 0 aliphatic heterocycles. The highest BCUT2D eigenvalue weighted by atomic mass is 79.9. The zero-order valence-corrected chi connectivity index (χ0v) is 17.8. The summed E-state index contributed by atoms with van der Waals surface area (Å²) in [6.45, 7) is 4.67. The Bertz CT molecular complexity index is 826. The van der Waals surface area contributed by atoms with E-state index >= 15 is 0 Å². The van der Waals surface area contributed by atoms with Gasteiger partial charge in [0, 0.05) is 17.6 Å². The number of methoxy groups -OCH3 is 1. The van der Waals surface area contributed by atoms with Crippen LogP contribution in [0.1, 0.15) is 41.0 Å². The highest BCUT2D eigenvalue weighted by Gasteiger charge is 2.18. The van der Waals surface area contributed by atoms with Crippen LogP contribution in [0.15, 0.2) is 46.9 Å². The Morgan fingerprint density at radius 3 is 2.54 bits per heavy atom. The number of halogens is 1. The third kappa shape index (κ3) is 6.07. The van der Waals surface area contributed by atoms with Crippen molar-refractivity contribution >= 4 is 33.4 Å². The molecular weight excluding hydrogens is 424 g/mol. The van der Waals surface area contributed by atoms with Crippen LogP contribution in [0, 0.1) is 0 Å². The summed E-state index contributed by atoms with van der Waals surface area (Å²) in [5.74, 6) is -0.146. The van der Waals surface area contributed by atoms with Crippen molar-refractivity contribution in [2.45, 2.75) is 26.3 Å². The number of para-hydroxylation sites is 1. The van der Waals surface area contributed by atoms with Crippen LogP contribution in [0.4, 0.5) is 5.69 Å². The average molecular weight is 449 g/mol. The summed E-state index contributed by atoms with van der Waals surface area (Å²) >= 11 is 3.38. The lowest BCUT2D eigenvalue weighted by molar-refractivity contribution is 0.0940. The molecule has 6 nitrogen and oxygen atoms in total. The van der Waals surface area contributed by atoms with E-state index in [9.17, 15) is 9.59 Å². The lowest BCUT2D eigenvalue weighted by Crippen LogP contribution is -2.32. The van der Waals surface area contributed by atoms with Gasteiger partial charge in [0.05, 0.1) is 23.4 Å². The Kier molecular flexibility index (Phi) is 8.47. The monoisotopic (exact) mass is 448 g/mol. The molecule has 0 bridgehead atoms. The largest absolute Gasteiger partial charge is 0.490 e. The molecule has 150 valence electrons. The fraction of sp³-hybridized carbons (Fsp3) is 0.333. The maximum Gasteiger partial charge on any atom is 0.259 e. The van der Waals surface area contributed by atoms with Gasteiger partial charge >= 0.3 is 0 Å². The molecule has 28 heavy (non-hydrogen) atoms. The van der Waals surface area contributed by atoms with Gasteiger partial charge < -0.3 is 20.1 Å². The van der Waals surface area contributed by atoms with E-state index < -0.39 is 0 Å². The molecule has 7 heteroatoms. The zero-order valence-electron chi connectivity index (χ0n) is 16.3.